The monoisotopic (exact) mass is 284 g/mol. The fourth-order valence-electron chi connectivity index (χ4n) is 2.34. The number of aromatic nitrogens is 2. The van der Waals surface area contributed by atoms with Crippen molar-refractivity contribution in [1.82, 2.24) is 9.97 Å². The number of hydrogen-bond acceptors (Lipinski definition) is 2. The lowest BCUT2D eigenvalue weighted by Gasteiger charge is -2.13. The van der Waals surface area contributed by atoms with Crippen molar-refractivity contribution >= 4 is 15.9 Å². The second kappa shape index (κ2) is 5.13. The van der Waals surface area contributed by atoms with Crippen LogP contribution in [0.15, 0.2) is 9.27 Å². The van der Waals surface area contributed by atoms with Crippen LogP contribution in [0.2, 0.25) is 0 Å². The molecule has 0 aromatic carbocycles. The lowest BCUT2D eigenvalue weighted by molar-refractivity contribution is 0.556. The van der Waals surface area contributed by atoms with E-state index in [1.807, 2.05) is 6.92 Å². The Morgan fingerprint density at radius 3 is 2.44 bits per heavy atom. The molecular formula is C12H17BrN2O. The molecule has 0 atom stereocenters. The molecule has 1 aliphatic rings. The second-order valence-electron chi connectivity index (χ2n) is 4.54. The fourth-order valence-corrected chi connectivity index (χ4v) is 2.53. The van der Waals surface area contributed by atoms with Gasteiger partial charge in [-0.1, -0.05) is 25.7 Å². The van der Waals surface area contributed by atoms with Crippen LogP contribution in [0.25, 0.3) is 0 Å². The van der Waals surface area contributed by atoms with E-state index in [2.05, 4.69) is 25.9 Å². The third-order valence-electron chi connectivity index (χ3n) is 3.29. The number of nitrogens with zero attached hydrogens (tertiary/aromatic N) is 1. The van der Waals surface area contributed by atoms with E-state index in [9.17, 15) is 4.79 Å². The molecule has 1 aliphatic carbocycles. The highest BCUT2D eigenvalue weighted by Gasteiger charge is 2.17. The van der Waals surface area contributed by atoms with Crippen molar-refractivity contribution in [3.05, 3.63) is 26.3 Å². The van der Waals surface area contributed by atoms with Crippen LogP contribution >= 0.6 is 15.9 Å². The molecule has 0 amide bonds. The van der Waals surface area contributed by atoms with Gasteiger partial charge < -0.3 is 4.98 Å². The Hall–Kier alpha value is -0.640. The summed E-state index contributed by atoms with van der Waals surface area (Å²) in [5.41, 5.74) is 0.745. The zero-order chi connectivity index (χ0) is 11.5. The summed E-state index contributed by atoms with van der Waals surface area (Å²) in [5.74, 6) is 1.33. The van der Waals surface area contributed by atoms with E-state index in [-0.39, 0.29) is 5.56 Å². The van der Waals surface area contributed by atoms with E-state index in [0.29, 0.717) is 10.4 Å². The first-order valence-corrected chi connectivity index (χ1v) is 6.74. The second-order valence-corrected chi connectivity index (χ2v) is 5.33. The Labute approximate surface area is 104 Å². The summed E-state index contributed by atoms with van der Waals surface area (Å²) in [7, 11) is 0. The summed E-state index contributed by atoms with van der Waals surface area (Å²) in [6.07, 6.45) is 7.45. The van der Waals surface area contributed by atoms with E-state index < -0.39 is 0 Å². The predicted octanol–water partition coefficient (Wildman–Crippen LogP) is 3.28. The molecule has 4 heteroatoms. The normalized spacial score (nSPS) is 18.4. The van der Waals surface area contributed by atoms with E-state index in [4.69, 9.17) is 0 Å². The van der Waals surface area contributed by atoms with Crippen LogP contribution in [-0.2, 0) is 0 Å². The highest BCUT2D eigenvalue weighted by molar-refractivity contribution is 9.10. The van der Waals surface area contributed by atoms with Gasteiger partial charge in [-0.3, -0.25) is 4.79 Å². The van der Waals surface area contributed by atoms with Crippen molar-refractivity contribution in [2.75, 3.05) is 0 Å². The quantitative estimate of drug-likeness (QED) is 0.805. The number of rotatable bonds is 1. The molecule has 0 aliphatic heterocycles. The van der Waals surface area contributed by atoms with E-state index in [1.165, 1.54) is 25.7 Å². The Morgan fingerprint density at radius 1 is 1.25 bits per heavy atom. The Balaban J connectivity index is 2.28. The molecule has 0 bridgehead atoms. The van der Waals surface area contributed by atoms with E-state index in [1.54, 1.807) is 0 Å². The highest BCUT2D eigenvalue weighted by Crippen LogP contribution is 2.29. The lowest BCUT2D eigenvalue weighted by Crippen LogP contribution is -2.16. The zero-order valence-corrected chi connectivity index (χ0v) is 11.1. The Morgan fingerprint density at radius 2 is 1.88 bits per heavy atom. The zero-order valence-electron chi connectivity index (χ0n) is 9.55. The topological polar surface area (TPSA) is 45.8 Å². The third kappa shape index (κ3) is 2.54. The molecule has 0 unspecified atom stereocenters. The molecule has 1 N–H and O–H groups in total. The van der Waals surface area contributed by atoms with Crippen molar-refractivity contribution in [1.29, 1.82) is 0 Å². The summed E-state index contributed by atoms with van der Waals surface area (Å²) < 4.78 is 0.560. The maximum absolute atomic E-state index is 11.6. The Bertz CT molecular complexity index is 420. The summed E-state index contributed by atoms with van der Waals surface area (Å²) in [6, 6.07) is 0. The molecule has 0 radical (unpaired) electrons. The van der Waals surface area contributed by atoms with Crippen LogP contribution in [0.1, 0.15) is 56.0 Å². The minimum absolute atomic E-state index is 0.0493. The summed E-state index contributed by atoms with van der Waals surface area (Å²) in [5, 5.41) is 0. The van der Waals surface area contributed by atoms with Crippen molar-refractivity contribution < 1.29 is 0 Å². The molecule has 16 heavy (non-hydrogen) atoms. The van der Waals surface area contributed by atoms with Crippen molar-refractivity contribution in [2.24, 2.45) is 0 Å². The van der Waals surface area contributed by atoms with Crippen LogP contribution in [0.4, 0.5) is 0 Å². The van der Waals surface area contributed by atoms with Crippen LogP contribution in [-0.4, -0.2) is 9.97 Å². The van der Waals surface area contributed by atoms with Gasteiger partial charge in [0.05, 0.1) is 5.69 Å². The van der Waals surface area contributed by atoms with Gasteiger partial charge in [0.1, 0.15) is 10.3 Å². The molecule has 3 nitrogen and oxygen atoms in total. The molecule has 1 heterocycles. The number of aromatic amines is 1. The minimum atomic E-state index is -0.0493. The summed E-state index contributed by atoms with van der Waals surface area (Å²) >= 11 is 3.25. The molecule has 0 spiro atoms. The number of hydrogen-bond donors (Lipinski definition) is 1. The first-order valence-electron chi connectivity index (χ1n) is 5.95. The van der Waals surface area contributed by atoms with Crippen LogP contribution in [0, 0.1) is 6.92 Å². The van der Waals surface area contributed by atoms with E-state index in [0.717, 1.165) is 24.4 Å². The van der Waals surface area contributed by atoms with Crippen LogP contribution < -0.4 is 5.56 Å². The lowest BCUT2D eigenvalue weighted by atomic mass is 9.99. The largest absolute Gasteiger partial charge is 0.309 e. The first kappa shape index (κ1) is 11.8. The molecule has 1 aromatic rings. The van der Waals surface area contributed by atoms with Gasteiger partial charge in [-0.25, -0.2) is 4.98 Å². The van der Waals surface area contributed by atoms with Gasteiger partial charge >= 0.3 is 0 Å². The minimum Gasteiger partial charge on any atom is -0.309 e. The SMILES string of the molecule is Cc1nc(C2CCCCCC2)[nH]c(=O)c1Br. The smallest absolute Gasteiger partial charge is 0.265 e. The first-order chi connectivity index (χ1) is 7.68. The van der Waals surface area contributed by atoms with E-state index >= 15 is 0 Å². The third-order valence-corrected chi connectivity index (χ3v) is 4.22. The molecule has 0 saturated heterocycles. The van der Waals surface area contributed by atoms with Crippen molar-refractivity contribution in [3.63, 3.8) is 0 Å². The number of nitrogens with one attached hydrogen (secondary N) is 1. The summed E-state index contributed by atoms with van der Waals surface area (Å²) in [4.78, 5) is 19.0. The van der Waals surface area contributed by atoms with Crippen LogP contribution in [0.5, 0.6) is 0 Å². The summed E-state index contributed by atoms with van der Waals surface area (Å²) in [6.45, 7) is 1.87. The van der Waals surface area contributed by atoms with Gasteiger partial charge in [0.25, 0.3) is 5.56 Å². The number of aryl methyl sites for hydroxylation is 1. The van der Waals surface area contributed by atoms with Crippen molar-refractivity contribution in [3.8, 4) is 0 Å². The van der Waals surface area contributed by atoms with Gasteiger partial charge in [0.15, 0.2) is 0 Å². The molecule has 88 valence electrons. The van der Waals surface area contributed by atoms with Crippen molar-refractivity contribution in [2.45, 2.75) is 51.4 Å². The molecule has 1 fully saturated rings. The average molecular weight is 285 g/mol. The maximum atomic E-state index is 11.6. The number of H-pyrrole nitrogens is 1. The molecule has 1 saturated carbocycles. The van der Waals surface area contributed by atoms with Gasteiger partial charge in [0, 0.05) is 5.92 Å². The van der Waals surface area contributed by atoms with Gasteiger partial charge in [-0.05, 0) is 35.7 Å². The van der Waals surface area contributed by atoms with Gasteiger partial charge in [0.2, 0.25) is 0 Å². The maximum Gasteiger partial charge on any atom is 0.265 e. The molecule has 2 rings (SSSR count). The van der Waals surface area contributed by atoms with Gasteiger partial charge in [-0.15, -0.1) is 0 Å². The number of halogens is 1. The standard InChI is InChI=1S/C12H17BrN2O/c1-8-10(13)12(16)15-11(14-8)9-6-4-2-3-5-7-9/h9H,2-7H2,1H3,(H,14,15,16). The fraction of sp³-hybridized carbons (Fsp3) is 0.667. The average Bonchev–Trinajstić information content (AvgIpc) is 2.53. The molecular weight excluding hydrogens is 268 g/mol. The van der Waals surface area contributed by atoms with Gasteiger partial charge in [-0.2, -0.15) is 0 Å². The Kier molecular flexibility index (Phi) is 3.79. The molecule has 1 aromatic heterocycles. The predicted molar refractivity (Wildman–Crippen MR) is 67.7 cm³/mol. The highest BCUT2D eigenvalue weighted by atomic mass is 79.9. The van der Waals surface area contributed by atoms with Crippen LogP contribution in [0.3, 0.4) is 0 Å².